The standard InChI is InChI=1S/C22H26N2O3/c1-26-20-10-3-2-9-19(20)16-7-6-8-17(13-16)23-21(25)24-18-14-22(27-15-18)11-4-5-12-22/h2-3,6-10,13,18H,4-5,11-12,14-15H2,1H3,(H2,23,24,25). The van der Waals surface area contributed by atoms with Crippen LogP contribution in [-0.4, -0.2) is 31.4 Å². The summed E-state index contributed by atoms with van der Waals surface area (Å²) in [6, 6.07) is 15.6. The smallest absolute Gasteiger partial charge is 0.319 e. The van der Waals surface area contributed by atoms with Gasteiger partial charge in [-0.2, -0.15) is 0 Å². The lowest BCUT2D eigenvalue weighted by molar-refractivity contribution is 0.00998. The normalized spacial score (nSPS) is 20.6. The van der Waals surface area contributed by atoms with E-state index in [2.05, 4.69) is 10.6 Å². The summed E-state index contributed by atoms with van der Waals surface area (Å²) in [6.45, 7) is 0.606. The van der Waals surface area contributed by atoms with Crippen LogP contribution in [0.4, 0.5) is 10.5 Å². The second kappa shape index (κ2) is 7.61. The van der Waals surface area contributed by atoms with Crippen LogP contribution in [-0.2, 0) is 4.74 Å². The van der Waals surface area contributed by atoms with E-state index in [1.54, 1.807) is 7.11 Å². The number of urea groups is 1. The van der Waals surface area contributed by atoms with Crippen molar-refractivity contribution in [1.82, 2.24) is 5.32 Å². The molecule has 2 aromatic rings. The Morgan fingerprint density at radius 1 is 1.15 bits per heavy atom. The van der Waals surface area contributed by atoms with Crippen molar-refractivity contribution in [3.63, 3.8) is 0 Å². The van der Waals surface area contributed by atoms with Gasteiger partial charge in [0, 0.05) is 11.3 Å². The average molecular weight is 366 g/mol. The Bertz CT molecular complexity index is 815. The van der Waals surface area contributed by atoms with Gasteiger partial charge in [-0.25, -0.2) is 4.79 Å². The molecule has 1 spiro atoms. The van der Waals surface area contributed by atoms with Gasteiger partial charge in [-0.05, 0) is 43.0 Å². The van der Waals surface area contributed by atoms with E-state index in [1.165, 1.54) is 12.8 Å². The van der Waals surface area contributed by atoms with E-state index in [1.807, 2.05) is 48.5 Å². The highest BCUT2D eigenvalue weighted by molar-refractivity contribution is 5.90. The fourth-order valence-corrected chi connectivity index (χ4v) is 4.30. The molecule has 0 aromatic heterocycles. The predicted molar refractivity (Wildman–Crippen MR) is 106 cm³/mol. The van der Waals surface area contributed by atoms with Gasteiger partial charge < -0.3 is 20.1 Å². The van der Waals surface area contributed by atoms with Crippen LogP contribution < -0.4 is 15.4 Å². The van der Waals surface area contributed by atoms with Gasteiger partial charge in [0.15, 0.2) is 0 Å². The second-order valence-corrected chi connectivity index (χ2v) is 7.48. The molecule has 2 amide bonds. The highest BCUT2D eigenvalue weighted by atomic mass is 16.5. The van der Waals surface area contributed by atoms with Gasteiger partial charge in [-0.3, -0.25) is 0 Å². The van der Waals surface area contributed by atoms with E-state index < -0.39 is 0 Å². The highest BCUT2D eigenvalue weighted by Gasteiger charge is 2.42. The number of nitrogens with one attached hydrogen (secondary N) is 2. The van der Waals surface area contributed by atoms with Crippen molar-refractivity contribution in [2.75, 3.05) is 19.0 Å². The molecule has 2 fully saturated rings. The van der Waals surface area contributed by atoms with Gasteiger partial charge >= 0.3 is 6.03 Å². The van der Waals surface area contributed by atoms with Crippen LogP contribution in [0.25, 0.3) is 11.1 Å². The van der Waals surface area contributed by atoms with Gasteiger partial charge in [-0.1, -0.05) is 43.2 Å². The third-order valence-corrected chi connectivity index (χ3v) is 5.60. The fourth-order valence-electron chi connectivity index (χ4n) is 4.30. The first kappa shape index (κ1) is 17.9. The van der Waals surface area contributed by atoms with Crippen LogP contribution in [0.1, 0.15) is 32.1 Å². The lowest BCUT2D eigenvalue weighted by Gasteiger charge is -2.21. The van der Waals surface area contributed by atoms with E-state index in [4.69, 9.17) is 9.47 Å². The molecule has 1 unspecified atom stereocenters. The van der Waals surface area contributed by atoms with Gasteiger partial charge in [0.1, 0.15) is 5.75 Å². The first-order chi connectivity index (χ1) is 13.2. The maximum Gasteiger partial charge on any atom is 0.319 e. The van der Waals surface area contributed by atoms with Crippen molar-refractivity contribution >= 4 is 11.7 Å². The van der Waals surface area contributed by atoms with E-state index in [0.29, 0.717) is 6.61 Å². The lowest BCUT2D eigenvalue weighted by Crippen LogP contribution is -2.39. The molecule has 1 heterocycles. The van der Waals surface area contributed by atoms with Crippen LogP contribution >= 0.6 is 0 Å². The average Bonchev–Trinajstić information content (AvgIpc) is 3.31. The summed E-state index contributed by atoms with van der Waals surface area (Å²) in [7, 11) is 1.66. The van der Waals surface area contributed by atoms with Crippen molar-refractivity contribution in [3.05, 3.63) is 48.5 Å². The molecule has 1 saturated carbocycles. The molecule has 0 radical (unpaired) electrons. The molecule has 2 aliphatic rings. The first-order valence-electron chi connectivity index (χ1n) is 9.62. The van der Waals surface area contributed by atoms with E-state index in [0.717, 1.165) is 41.8 Å². The van der Waals surface area contributed by atoms with Crippen molar-refractivity contribution in [2.24, 2.45) is 0 Å². The molecule has 0 bridgehead atoms. The summed E-state index contributed by atoms with van der Waals surface area (Å²) in [5.74, 6) is 0.809. The van der Waals surface area contributed by atoms with Gasteiger partial charge in [-0.15, -0.1) is 0 Å². The number of ether oxygens (including phenoxy) is 2. The summed E-state index contributed by atoms with van der Waals surface area (Å²) >= 11 is 0. The van der Waals surface area contributed by atoms with Crippen LogP contribution in [0.3, 0.4) is 0 Å². The number of hydrogen-bond donors (Lipinski definition) is 2. The largest absolute Gasteiger partial charge is 0.496 e. The third kappa shape index (κ3) is 3.93. The lowest BCUT2D eigenvalue weighted by atomic mass is 9.96. The monoisotopic (exact) mass is 366 g/mol. The zero-order chi connectivity index (χ0) is 18.7. The van der Waals surface area contributed by atoms with Gasteiger partial charge in [0.25, 0.3) is 0 Å². The maximum absolute atomic E-state index is 12.4. The van der Waals surface area contributed by atoms with E-state index in [-0.39, 0.29) is 17.7 Å². The number of amides is 2. The number of carbonyl (C=O) groups excluding carboxylic acids is 1. The molecule has 4 rings (SSSR count). The Kier molecular flexibility index (Phi) is 5.03. The van der Waals surface area contributed by atoms with Gasteiger partial charge in [0.05, 0.1) is 25.4 Å². The number of benzene rings is 2. The molecule has 5 nitrogen and oxygen atoms in total. The Morgan fingerprint density at radius 3 is 2.78 bits per heavy atom. The zero-order valence-electron chi connectivity index (χ0n) is 15.7. The molecule has 5 heteroatoms. The Hall–Kier alpha value is -2.53. The minimum absolute atomic E-state index is 0.0156. The molecular weight excluding hydrogens is 340 g/mol. The SMILES string of the molecule is COc1ccccc1-c1cccc(NC(=O)NC2COC3(CCCC3)C2)c1. The van der Waals surface area contributed by atoms with E-state index >= 15 is 0 Å². The number of methoxy groups -OCH3 is 1. The number of hydrogen-bond acceptors (Lipinski definition) is 3. The minimum Gasteiger partial charge on any atom is -0.496 e. The van der Waals surface area contributed by atoms with Crippen LogP contribution in [0.2, 0.25) is 0 Å². The van der Waals surface area contributed by atoms with Crippen molar-refractivity contribution < 1.29 is 14.3 Å². The minimum atomic E-state index is -0.184. The zero-order valence-corrected chi connectivity index (χ0v) is 15.7. The summed E-state index contributed by atoms with van der Waals surface area (Å²) in [5.41, 5.74) is 2.77. The number of rotatable bonds is 4. The second-order valence-electron chi connectivity index (χ2n) is 7.48. The van der Waals surface area contributed by atoms with E-state index in [9.17, 15) is 4.79 Å². The highest BCUT2D eigenvalue weighted by Crippen LogP contribution is 2.40. The van der Waals surface area contributed by atoms with Crippen LogP contribution in [0.15, 0.2) is 48.5 Å². The topological polar surface area (TPSA) is 59.6 Å². The van der Waals surface area contributed by atoms with Gasteiger partial charge in [0.2, 0.25) is 0 Å². The number of carbonyl (C=O) groups is 1. The number of para-hydroxylation sites is 1. The van der Waals surface area contributed by atoms with Crippen LogP contribution in [0.5, 0.6) is 5.75 Å². The summed E-state index contributed by atoms with van der Waals surface area (Å²) in [5, 5.41) is 6.01. The number of anilines is 1. The predicted octanol–water partition coefficient (Wildman–Crippen LogP) is 4.59. The quantitative estimate of drug-likeness (QED) is 0.832. The molecule has 1 saturated heterocycles. The Balaban J connectivity index is 1.40. The molecule has 1 atom stereocenters. The van der Waals surface area contributed by atoms with Crippen LogP contribution in [0, 0.1) is 0 Å². The molecular formula is C22H26N2O3. The maximum atomic E-state index is 12.4. The molecule has 2 N–H and O–H groups in total. The van der Waals surface area contributed by atoms with Crippen molar-refractivity contribution in [1.29, 1.82) is 0 Å². The first-order valence-corrected chi connectivity index (χ1v) is 9.62. The Morgan fingerprint density at radius 2 is 1.96 bits per heavy atom. The summed E-state index contributed by atoms with van der Waals surface area (Å²) in [4.78, 5) is 12.4. The molecule has 2 aromatic carbocycles. The Labute approximate surface area is 160 Å². The fraction of sp³-hybridized carbons (Fsp3) is 0.409. The summed E-state index contributed by atoms with van der Waals surface area (Å²) in [6.07, 6.45) is 5.62. The van der Waals surface area contributed by atoms with Crippen molar-refractivity contribution in [3.8, 4) is 16.9 Å². The van der Waals surface area contributed by atoms with Crippen molar-refractivity contribution in [2.45, 2.75) is 43.7 Å². The molecule has 142 valence electrons. The summed E-state index contributed by atoms with van der Waals surface area (Å²) < 4.78 is 11.5. The third-order valence-electron chi connectivity index (χ3n) is 5.60. The molecule has 1 aliphatic carbocycles. The molecule has 1 aliphatic heterocycles. The molecule has 27 heavy (non-hydrogen) atoms.